The topological polar surface area (TPSA) is 29.5 Å². The summed E-state index contributed by atoms with van der Waals surface area (Å²) in [5, 5.41) is 2.38. The van der Waals surface area contributed by atoms with Crippen LogP contribution in [0.25, 0.3) is 10.8 Å². The van der Waals surface area contributed by atoms with Gasteiger partial charge >= 0.3 is 0 Å². The molecule has 1 fully saturated rings. The molecule has 0 aliphatic carbocycles. The van der Waals surface area contributed by atoms with Gasteiger partial charge in [0.25, 0.3) is 0 Å². The van der Waals surface area contributed by atoms with Crippen molar-refractivity contribution in [3.63, 3.8) is 0 Å². The van der Waals surface area contributed by atoms with Gasteiger partial charge in [0.05, 0.1) is 12.9 Å². The molecule has 3 rings (SSSR count). The summed E-state index contributed by atoms with van der Waals surface area (Å²) >= 11 is 3.49. The summed E-state index contributed by atoms with van der Waals surface area (Å²) in [4.78, 5) is 14.2. The summed E-state index contributed by atoms with van der Waals surface area (Å²) < 4.78 is 5.47. The minimum Gasteiger partial charge on any atom is -0.496 e. The van der Waals surface area contributed by atoms with Crippen molar-refractivity contribution in [1.82, 2.24) is 4.90 Å². The van der Waals surface area contributed by atoms with Crippen molar-refractivity contribution in [1.29, 1.82) is 0 Å². The van der Waals surface area contributed by atoms with Crippen LogP contribution in [0.3, 0.4) is 0 Å². The maximum Gasteiger partial charge on any atom is 0.233 e. The fourth-order valence-electron chi connectivity index (χ4n) is 2.83. The molecule has 0 saturated carbocycles. The van der Waals surface area contributed by atoms with Gasteiger partial charge < -0.3 is 9.64 Å². The second kappa shape index (κ2) is 6.84. The van der Waals surface area contributed by atoms with Crippen molar-refractivity contribution >= 4 is 40.2 Å². The molecule has 1 aliphatic rings. The lowest BCUT2D eigenvalue weighted by atomic mass is 10.0. The SMILES string of the molecule is COc1ccc(C2SCC(=O)N2CCSC)c2ccccc12. The number of ether oxygens (including phenoxy) is 1. The summed E-state index contributed by atoms with van der Waals surface area (Å²) in [6.45, 7) is 0.804. The number of hydrogen-bond acceptors (Lipinski definition) is 4. The zero-order valence-electron chi connectivity index (χ0n) is 12.7. The predicted octanol–water partition coefficient (Wildman–Crippen LogP) is 3.79. The van der Waals surface area contributed by atoms with Crippen molar-refractivity contribution < 1.29 is 9.53 Å². The molecule has 1 aliphatic heterocycles. The summed E-state index contributed by atoms with van der Waals surface area (Å²) in [7, 11) is 1.69. The highest BCUT2D eigenvalue weighted by molar-refractivity contribution is 8.00. The van der Waals surface area contributed by atoms with Gasteiger partial charge in [-0.1, -0.05) is 30.3 Å². The molecule has 116 valence electrons. The molecule has 22 heavy (non-hydrogen) atoms. The Labute approximate surface area is 139 Å². The molecule has 1 saturated heterocycles. The lowest BCUT2D eigenvalue weighted by Gasteiger charge is -2.25. The van der Waals surface area contributed by atoms with Gasteiger partial charge in [-0.25, -0.2) is 0 Å². The molecule has 0 aromatic heterocycles. The largest absolute Gasteiger partial charge is 0.496 e. The molecule has 1 atom stereocenters. The van der Waals surface area contributed by atoms with Crippen LogP contribution in [0, 0.1) is 0 Å². The summed E-state index contributed by atoms with van der Waals surface area (Å²) in [6, 6.07) is 12.4. The second-order valence-electron chi connectivity index (χ2n) is 5.15. The van der Waals surface area contributed by atoms with Crippen LogP contribution in [0.15, 0.2) is 36.4 Å². The summed E-state index contributed by atoms with van der Waals surface area (Å²) in [6.07, 6.45) is 2.07. The summed E-state index contributed by atoms with van der Waals surface area (Å²) in [5.41, 5.74) is 1.20. The molecule has 2 aromatic rings. The van der Waals surface area contributed by atoms with Gasteiger partial charge in [0.15, 0.2) is 0 Å². The van der Waals surface area contributed by atoms with Gasteiger partial charge in [-0.3, -0.25) is 4.79 Å². The molecule has 0 bridgehead atoms. The highest BCUT2D eigenvalue weighted by Crippen LogP contribution is 2.43. The molecule has 3 nitrogen and oxygen atoms in total. The van der Waals surface area contributed by atoms with E-state index in [0.717, 1.165) is 23.4 Å². The van der Waals surface area contributed by atoms with E-state index in [1.54, 1.807) is 30.6 Å². The van der Waals surface area contributed by atoms with E-state index in [9.17, 15) is 4.79 Å². The van der Waals surface area contributed by atoms with E-state index in [4.69, 9.17) is 4.74 Å². The average Bonchev–Trinajstić information content (AvgIpc) is 2.92. The monoisotopic (exact) mass is 333 g/mol. The van der Waals surface area contributed by atoms with Crippen molar-refractivity contribution in [3.8, 4) is 5.75 Å². The molecular formula is C17H19NO2S2. The Bertz CT molecular complexity index is 689. The highest BCUT2D eigenvalue weighted by Gasteiger charge is 2.33. The van der Waals surface area contributed by atoms with E-state index >= 15 is 0 Å². The third-order valence-electron chi connectivity index (χ3n) is 3.91. The normalized spacial score (nSPS) is 18.2. The Hall–Kier alpha value is -1.33. The first-order valence-electron chi connectivity index (χ1n) is 7.22. The Kier molecular flexibility index (Phi) is 4.84. The van der Waals surface area contributed by atoms with Crippen LogP contribution in [-0.2, 0) is 4.79 Å². The maximum absolute atomic E-state index is 12.2. The van der Waals surface area contributed by atoms with E-state index in [1.165, 1.54) is 10.9 Å². The molecule has 0 radical (unpaired) electrons. The van der Waals surface area contributed by atoms with Gasteiger partial charge in [0, 0.05) is 17.7 Å². The van der Waals surface area contributed by atoms with Gasteiger partial charge in [0.2, 0.25) is 5.91 Å². The number of carbonyl (C=O) groups excluding carboxylic acids is 1. The molecular weight excluding hydrogens is 314 g/mol. The quantitative estimate of drug-likeness (QED) is 0.833. The number of amides is 1. The number of methoxy groups -OCH3 is 1. The smallest absolute Gasteiger partial charge is 0.233 e. The average molecular weight is 333 g/mol. The first kappa shape index (κ1) is 15.6. The van der Waals surface area contributed by atoms with Crippen LogP contribution in [-0.4, -0.2) is 42.2 Å². The number of rotatable bonds is 5. The zero-order valence-corrected chi connectivity index (χ0v) is 14.4. The first-order valence-corrected chi connectivity index (χ1v) is 9.66. The standard InChI is InChI=1S/C17H19NO2S2/c1-20-15-8-7-14(12-5-3-4-6-13(12)15)17-18(9-10-21-2)16(19)11-22-17/h3-8,17H,9-11H2,1-2H3. The molecule has 1 amide bonds. The third-order valence-corrected chi connectivity index (χ3v) is 5.74. The van der Waals surface area contributed by atoms with E-state index in [0.29, 0.717) is 5.75 Å². The molecule has 0 N–H and O–H groups in total. The fourth-order valence-corrected chi connectivity index (χ4v) is 4.46. The van der Waals surface area contributed by atoms with Crippen LogP contribution >= 0.6 is 23.5 Å². The van der Waals surface area contributed by atoms with Gasteiger partial charge in [-0.15, -0.1) is 11.8 Å². The van der Waals surface area contributed by atoms with Crippen molar-refractivity contribution in [2.75, 3.05) is 31.4 Å². The lowest BCUT2D eigenvalue weighted by Crippen LogP contribution is -2.30. The predicted molar refractivity (Wildman–Crippen MR) is 95.8 cm³/mol. The van der Waals surface area contributed by atoms with Crippen LogP contribution in [0.5, 0.6) is 5.75 Å². The second-order valence-corrected chi connectivity index (χ2v) is 7.20. The molecule has 5 heteroatoms. The van der Waals surface area contributed by atoms with E-state index in [1.807, 2.05) is 23.1 Å². The number of benzene rings is 2. The van der Waals surface area contributed by atoms with Gasteiger partial charge in [0.1, 0.15) is 11.1 Å². The number of nitrogens with zero attached hydrogens (tertiary/aromatic N) is 1. The minimum absolute atomic E-state index is 0.107. The Morgan fingerprint density at radius 2 is 2.05 bits per heavy atom. The van der Waals surface area contributed by atoms with Crippen LogP contribution in [0.4, 0.5) is 0 Å². The van der Waals surface area contributed by atoms with E-state index < -0.39 is 0 Å². The van der Waals surface area contributed by atoms with Crippen molar-refractivity contribution in [3.05, 3.63) is 42.0 Å². The molecule has 1 heterocycles. The molecule has 2 aromatic carbocycles. The Balaban J connectivity index is 2.04. The number of hydrogen-bond donors (Lipinski definition) is 0. The highest BCUT2D eigenvalue weighted by atomic mass is 32.2. The minimum atomic E-state index is 0.107. The molecule has 0 spiro atoms. The van der Waals surface area contributed by atoms with Crippen molar-refractivity contribution in [2.24, 2.45) is 0 Å². The summed E-state index contributed by atoms with van der Waals surface area (Å²) in [5.74, 6) is 2.66. The van der Waals surface area contributed by atoms with Crippen LogP contribution in [0.2, 0.25) is 0 Å². The number of carbonyl (C=O) groups is 1. The molecule has 1 unspecified atom stereocenters. The number of fused-ring (bicyclic) bond motifs is 1. The van der Waals surface area contributed by atoms with Crippen molar-refractivity contribution in [2.45, 2.75) is 5.37 Å². The maximum atomic E-state index is 12.2. The van der Waals surface area contributed by atoms with Crippen LogP contribution < -0.4 is 4.74 Å². The zero-order chi connectivity index (χ0) is 15.5. The van der Waals surface area contributed by atoms with Crippen LogP contribution in [0.1, 0.15) is 10.9 Å². The fraction of sp³-hybridized carbons (Fsp3) is 0.353. The van der Waals surface area contributed by atoms with Gasteiger partial charge in [-0.2, -0.15) is 11.8 Å². The van der Waals surface area contributed by atoms with Gasteiger partial charge in [-0.05, 0) is 23.3 Å². The first-order chi connectivity index (χ1) is 10.8. The lowest BCUT2D eigenvalue weighted by molar-refractivity contribution is -0.127. The third kappa shape index (κ3) is 2.79. The van der Waals surface area contributed by atoms with E-state index in [-0.39, 0.29) is 11.3 Å². The van der Waals surface area contributed by atoms with E-state index in [2.05, 4.69) is 24.5 Å². The number of thioether (sulfide) groups is 2. The Morgan fingerprint density at radius 1 is 1.27 bits per heavy atom. The Morgan fingerprint density at radius 3 is 2.77 bits per heavy atom.